The molecule has 0 aliphatic carbocycles. The van der Waals surface area contributed by atoms with Gasteiger partial charge in [0.05, 0.1) is 5.02 Å². The van der Waals surface area contributed by atoms with Crippen LogP contribution in [-0.2, 0) is 9.47 Å². The topological polar surface area (TPSA) is 38.7 Å². The van der Waals surface area contributed by atoms with Gasteiger partial charge in [-0.05, 0) is 22.0 Å². The monoisotopic (exact) mass is 312 g/mol. The minimum atomic E-state index is -1.24. The maximum absolute atomic E-state index is 13.7. The highest BCUT2D eigenvalue weighted by molar-refractivity contribution is 9.10. The van der Waals surface area contributed by atoms with Gasteiger partial charge in [0, 0.05) is 24.3 Å². The molecular weight excluding hydrogens is 302 g/mol. The number of rotatable bonds is 4. The minimum Gasteiger partial charge on any atom is -0.383 e. The molecule has 1 rings (SSSR count). The van der Waals surface area contributed by atoms with Gasteiger partial charge in [0.25, 0.3) is 0 Å². The number of ether oxygens (including phenoxy) is 2. The highest BCUT2D eigenvalue weighted by Crippen LogP contribution is 2.32. The standard InChI is InChI=1S/C10H11BrClFO3/c1-15-10(16-2)9(14)5-3-4-6(11)7(12)8(5)13/h3-4,9-10,14H,1-2H3. The largest absolute Gasteiger partial charge is 0.383 e. The molecule has 1 aromatic rings. The van der Waals surface area contributed by atoms with Crippen molar-refractivity contribution in [3.63, 3.8) is 0 Å². The third-order valence-electron chi connectivity index (χ3n) is 2.11. The smallest absolute Gasteiger partial charge is 0.187 e. The normalized spacial score (nSPS) is 13.2. The molecule has 0 aromatic heterocycles. The van der Waals surface area contributed by atoms with E-state index < -0.39 is 18.2 Å². The maximum atomic E-state index is 13.7. The van der Waals surface area contributed by atoms with E-state index in [0.29, 0.717) is 4.47 Å². The number of aliphatic hydroxyl groups excluding tert-OH is 1. The first-order valence-electron chi connectivity index (χ1n) is 4.40. The molecule has 16 heavy (non-hydrogen) atoms. The Morgan fingerprint density at radius 3 is 2.44 bits per heavy atom. The van der Waals surface area contributed by atoms with Crippen LogP contribution in [0.2, 0.25) is 5.02 Å². The van der Waals surface area contributed by atoms with Crippen LogP contribution in [0.5, 0.6) is 0 Å². The molecule has 0 aliphatic rings. The molecule has 0 heterocycles. The van der Waals surface area contributed by atoms with E-state index in [1.54, 1.807) is 6.07 Å². The Labute approximate surface area is 106 Å². The van der Waals surface area contributed by atoms with Crippen LogP contribution in [0.1, 0.15) is 11.7 Å². The van der Waals surface area contributed by atoms with Crippen molar-refractivity contribution in [2.24, 2.45) is 0 Å². The molecule has 0 fully saturated rings. The fourth-order valence-electron chi connectivity index (χ4n) is 1.27. The summed E-state index contributed by atoms with van der Waals surface area (Å²) in [5.74, 6) is -0.692. The van der Waals surface area contributed by atoms with Gasteiger partial charge < -0.3 is 14.6 Å². The Balaban J connectivity index is 3.09. The van der Waals surface area contributed by atoms with Crippen molar-refractivity contribution in [2.45, 2.75) is 12.4 Å². The van der Waals surface area contributed by atoms with Crippen LogP contribution in [-0.4, -0.2) is 25.6 Å². The summed E-state index contributed by atoms with van der Waals surface area (Å²) in [4.78, 5) is 0. The molecule has 0 aliphatic heterocycles. The first kappa shape index (κ1) is 13.9. The van der Waals surface area contributed by atoms with Crippen LogP contribution in [0.15, 0.2) is 16.6 Å². The SMILES string of the molecule is COC(OC)C(O)c1ccc(Br)c(Cl)c1F. The van der Waals surface area contributed by atoms with E-state index in [1.165, 1.54) is 20.3 Å². The van der Waals surface area contributed by atoms with Crippen molar-refractivity contribution in [3.8, 4) is 0 Å². The van der Waals surface area contributed by atoms with Gasteiger partial charge in [-0.1, -0.05) is 17.7 Å². The van der Waals surface area contributed by atoms with Crippen molar-refractivity contribution in [2.75, 3.05) is 14.2 Å². The van der Waals surface area contributed by atoms with Gasteiger partial charge in [0.2, 0.25) is 0 Å². The van der Waals surface area contributed by atoms with E-state index >= 15 is 0 Å². The highest BCUT2D eigenvalue weighted by atomic mass is 79.9. The lowest BCUT2D eigenvalue weighted by Crippen LogP contribution is -2.23. The predicted molar refractivity (Wildman–Crippen MR) is 61.9 cm³/mol. The summed E-state index contributed by atoms with van der Waals surface area (Å²) in [6.45, 7) is 0. The van der Waals surface area contributed by atoms with Crippen molar-refractivity contribution in [1.29, 1.82) is 0 Å². The summed E-state index contributed by atoms with van der Waals surface area (Å²) in [6, 6.07) is 2.97. The first-order chi connectivity index (χ1) is 7.52. The number of methoxy groups -OCH3 is 2. The van der Waals surface area contributed by atoms with Gasteiger partial charge in [-0.25, -0.2) is 4.39 Å². The summed E-state index contributed by atoms with van der Waals surface area (Å²) in [6.07, 6.45) is -2.17. The molecule has 1 N–H and O–H groups in total. The van der Waals surface area contributed by atoms with Crippen LogP contribution in [0.25, 0.3) is 0 Å². The zero-order chi connectivity index (χ0) is 12.3. The first-order valence-corrected chi connectivity index (χ1v) is 5.57. The van der Waals surface area contributed by atoms with Gasteiger partial charge in [0.15, 0.2) is 6.29 Å². The Bertz CT molecular complexity index is 371. The van der Waals surface area contributed by atoms with E-state index in [1.807, 2.05) is 0 Å². The van der Waals surface area contributed by atoms with Gasteiger partial charge >= 0.3 is 0 Å². The Kier molecular flexibility index (Phi) is 5.14. The zero-order valence-corrected chi connectivity index (χ0v) is 11.0. The Morgan fingerprint density at radius 2 is 1.94 bits per heavy atom. The molecule has 90 valence electrons. The summed E-state index contributed by atoms with van der Waals surface area (Å²) < 4.78 is 23.8. The number of hydrogen-bond acceptors (Lipinski definition) is 3. The van der Waals surface area contributed by atoms with Gasteiger partial charge in [-0.15, -0.1) is 0 Å². The Hall–Kier alpha value is -0.200. The molecule has 1 aromatic carbocycles. The van der Waals surface area contributed by atoms with Crippen LogP contribution >= 0.6 is 27.5 Å². The molecule has 0 saturated carbocycles. The van der Waals surface area contributed by atoms with Gasteiger partial charge in [-0.3, -0.25) is 0 Å². The number of benzene rings is 1. The second kappa shape index (κ2) is 5.93. The van der Waals surface area contributed by atoms with Crippen molar-refractivity contribution in [1.82, 2.24) is 0 Å². The van der Waals surface area contributed by atoms with Crippen LogP contribution in [0, 0.1) is 5.82 Å². The molecule has 3 nitrogen and oxygen atoms in total. The lowest BCUT2D eigenvalue weighted by molar-refractivity contribution is -0.166. The fourth-order valence-corrected chi connectivity index (χ4v) is 1.75. The maximum Gasteiger partial charge on any atom is 0.187 e. The van der Waals surface area contributed by atoms with Crippen LogP contribution < -0.4 is 0 Å². The van der Waals surface area contributed by atoms with Crippen molar-refractivity contribution in [3.05, 3.63) is 33.0 Å². The molecule has 0 radical (unpaired) electrons. The lowest BCUT2D eigenvalue weighted by Gasteiger charge is -2.21. The fraction of sp³-hybridized carbons (Fsp3) is 0.400. The number of hydrogen-bond donors (Lipinski definition) is 1. The average Bonchev–Trinajstić information content (AvgIpc) is 2.27. The molecule has 6 heteroatoms. The van der Waals surface area contributed by atoms with Crippen LogP contribution in [0.4, 0.5) is 4.39 Å². The van der Waals surface area contributed by atoms with E-state index in [0.717, 1.165) is 0 Å². The van der Waals surface area contributed by atoms with Gasteiger partial charge in [-0.2, -0.15) is 0 Å². The quantitative estimate of drug-likeness (QED) is 0.686. The Morgan fingerprint density at radius 1 is 1.38 bits per heavy atom. The second-order valence-electron chi connectivity index (χ2n) is 3.05. The second-order valence-corrected chi connectivity index (χ2v) is 4.28. The molecular formula is C10H11BrClFO3. The summed E-state index contributed by atoms with van der Waals surface area (Å²) in [5.41, 5.74) is 0.0295. The highest BCUT2D eigenvalue weighted by Gasteiger charge is 2.24. The predicted octanol–water partition coefficient (Wildman–Crippen LogP) is 2.89. The minimum absolute atomic E-state index is 0.0295. The third-order valence-corrected chi connectivity index (χ3v) is 3.36. The molecule has 0 saturated heterocycles. The van der Waals surface area contributed by atoms with E-state index in [9.17, 15) is 9.50 Å². The van der Waals surface area contributed by atoms with E-state index in [4.69, 9.17) is 21.1 Å². The molecule has 0 spiro atoms. The molecule has 1 unspecified atom stereocenters. The third kappa shape index (κ3) is 2.73. The van der Waals surface area contributed by atoms with Crippen molar-refractivity contribution < 1.29 is 19.0 Å². The van der Waals surface area contributed by atoms with E-state index in [2.05, 4.69) is 15.9 Å². The average molecular weight is 314 g/mol. The summed E-state index contributed by atoms with van der Waals surface area (Å²) in [7, 11) is 2.71. The molecule has 1 atom stereocenters. The van der Waals surface area contributed by atoms with Crippen LogP contribution in [0.3, 0.4) is 0 Å². The molecule has 0 amide bonds. The lowest BCUT2D eigenvalue weighted by atomic mass is 10.1. The number of halogens is 3. The van der Waals surface area contributed by atoms with Crippen molar-refractivity contribution >= 4 is 27.5 Å². The number of aliphatic hydroxyl groups is 1. The summed E-state index contributed by atoms with van der Waals surface area (Å²) >= 11 is 8.79. The van der Waals surface area contributed by atoms with Gasteiger partial charge in [0.1, 0.15) is 11.9 Å². The summed E-state index contributed by atoms with van der Waals surface area (Å²) in [5, 5.41) is 9.73. The van der Waals surface area contributed by atoms with E-state index in [-0.39, 0.29) is 10.6 Å². The molecule has 0 bridgehead atoms. The zero-order valence-electron chi connectivity index (χ0n) is 8.71.